The summed E-state index contributed by atoms with van der Waals surface area (Å²) in [6.45, 7) is 1.70. The predicted octanol–water partition coefficient (Wildman–Crippen LogP) is 1.98. The third kappa shape index (κ3) is 2.78. The number of nitrogens with zero attached hydrogens (tertiary/aromatic N) is 1. The third-order valence-electron chi connectivity index (χ3n) is 4.03. The number of carbonyl (C=O) groups is 1. The van der Waals surface area contributed by atoms with Crippen LogP contribution in [-0.2, 0) is 9.84 Å². The summed E-state index contributed by atoms with van der Waals surface area (Å²) in [6.07, 6.45) is 0.162. The maximum Gasteiger partial charge on any atom is 0.268 e. The van der Waals surface area contributed by atoms with Gasteiger partial charge in [0.25, 0.3) is 5.91 Å². The molecule has 8 heteroatoms. The van der Waals surface area contributed by atoms with Crippen LogP contribution in [-0.4, -0.2) is 25.1 Å². The van der Waals surface area contributed by atoms with Crippen molar-refractivity contribution in [2.75, 3.05) is 5.75 Å². The van der Waals surface area contributed by atoms with Crippen molar-refractivity contribution in [3.8, 4) is 6.07 Å². The Bertz CT molecular complexity index is 973. The highest BCUT2D eigenvalue weighted by molar-refractivity contribution is 7.91. The van der Waals surface area contributed by atoms with Gasteiger partial charge in [0.1, 0.15) is 23.3 Å². The molecule has 2 heterocycles. The van der Waals surface area contributed by atoms with Crippen molar-refractivity contribution in [3.05, 3.63) is 52.6 Å². The van der Waals surface area contributed by atoms with Gasteiger partial charge >= 0.3 is 0 Å². The lowest BCUT2D eigenvalue weighted by atomic mass is 10.0. The van der Waals surface area contributed by atoms with Gasteiger partial charge in [-0.3, -0.25) is 4.79 Å². The summed E-state index contributed by atoms with van der Waals surface area (Å²) >= 11 is 0. The first kappa shape index (κ1) is 16.2. The van der Waals surface area contributed by atoms with Crippen LogP contribution in [0.15, 0.2) is 29.2 Å². The Hall–Kier alpha value is -2.66. The number of H-pyrrole nitrogens is 1. The molecule has 6 nitrogen and oxygen atoms in total. The van der Waals surface area contributed by atoms with E-state index in [9.17, 15) is 17.6 Å². The first-order valence-electron chi connectivity index (χ1n) is 7.24. The molecule has 1 amide bonds. The van der Waals surface area contributed by atoms with E-state index >= 15 is 0 Å². The summed E-state index contributed by atoms with van der Waals surface area (Å²) in [5.74, 6) is -1.16. The summed E-state index contributed by atoms with van der Waals surface area (Å²) in [6, 6.07) is 6.33. The molecule has 1 aromatic heterocycles. The summed E-state index contributed by atoms with van der Waals surface area (Å²) in [5, 5.41) is 11.6. The number of nitrogens with one attached hydrogen (secondary N) is 2. The number of hydrogen-bond donors (Lipinski definition) is 2. The molecule has 1 aliphatic heterocycles. The lowest BCUT2D eigenvalue weighted by Crippen LogP contribution is -2.34. The normalized spacial score (nSPS) is 18.5. The fourth-order valence-electron chi connectivity index (χ4n) is 2.80. The minimum absolute atomic E-state index is 0.0424. The van der Waals surface area contributed by atoms with Crippen LogP contribution in [0.1, 0.15) is 39.8 Å². The molecule has 2 N–H and O–H groups in total. The first-order valence-corrected chi connectivity index (χ1v) is 8.90. The van der Waals surface area contributed by atoms with Crippen LogP contribution in [0.3, 0.4) is 0 Å². The highest BCUT2D eigenvalue weighted by atomic mass is 32.2. The van der Waals surface area contributed by atoms with Gasteiger partial charge in [0.15, 0.2) is 9.84 Å². The quantitative estimate of drug-likeness (QED) is 0.811. The van der Waals surface area contributed by atoms with Crippen molar-refractivity contribution in [1.82, 2.24) is 10.3 Å². The molecule has 3 rings (SSSR count). The number of halogens is 1. The molecule has 1 aliphatic rings. The van der Waals surface area contributed by atoms with Gasteiger partial charge in [-0.2, -0.15) is 5.26 Å². The van der Waals surface area contributed by atoms with Crippen LogP contribution >= 0.6 is 0 Å². The molecule has 124 valence electrons. The second-order valence-corrected chi connectivity index (χ2v) is 7.75. The van der Waals surface area contributed by atoms with Crippen LogP contribution in [0.5, 0.6) is 0 Å². The van der Waals surface area contributed by atoms with Gasteiger partial charge in [-0.15, -0.1) is 0 Å². The predicted molar refractivity (Wildman–Crippen MR) is 83.5 cm³/mol. The van der Waals surface area contributed by atoms with E-state index in [1.807, 2.05) is 6.07 Å². The topological polar surface area (TPSA) is 103 Å². The Morgan fingerprint density at radius 3 is 2.83 bits per heavy atom. The standard InChI is InChI=1S/C16H14FN3O3S/c1-9-6-13(19-14(9)8-18)16(21)20-12-4-5-24(22,23)15-3-2-10(17)7-11(12)15/h2-3,6-7,12,19H,4-5H2,1H3,(H,20,21). The minimum Gasteiger partial charge on any atom is -0.344 e. The molecule has 0 fully saturated rings. The molecule has 0 aliphatic carbocycles. The van der Waals surface area contributed by atoms with Crippen molar-refractivity contribution in [2.24, 2.45) is 0 Å². The maximum absolute atomic E-state index is 13.5. The fraction of sp³-hybridized carbons (Fsp3) is 0.250. The molecule has 0 saturated heterocycles. The number of rotatable bonds is 2. The average molecular weight is 347 g/mol. The van der Waals surface area contributed by atoms with Crippen LogP contribution in [0.25, 0.3) is 0 Å². The molecule has 1 unspecified atom stereocenters. The van der Waals surface area contributed by atoms with Gasteiger partial charge in [0.2, 0.25) is 0 Å². The fourth-order valence-corrected chi connectivity index (χ4v) is 4.40. The summed E-state index contributed by atoms with van der Waals surface area (Å²) in [5.41, 5.74) is 1.38. The first-order chi connectivity index (χ1) is 11.3. The van der Waals surface area contributed by atoms with E-state index in [4.69, 9.17) is 5.26 Å². The molecular formula is C16H14FN3O3S. The zero-order valence-electron chi connectivity index (χ0n) is 12.8. The van der Waals surface area contributed by atoms with E-state index < -0.39 is 27.6 Å². The number of carbonyl (C=O) groups excluding carboxylic acids is 1. The number of aryl methyl sites for hydroxylation is 1. The van der Waals surface area contributed by atoms with E-state index in [1.54, 1.807) is 13.0 Å². The number of sulfone groups is 1. The Kier molecular flexibility index (Phi) is 3.89. The zero-order valence-corrected chi connectivity index (χ0v) is 13.6. The number of aromatic nitrogens is 1. The smallest absolute Gasteiger partial charge is 0.268 e. The van der Waals surface area contributed by atoms with Crippen LogP contribution in [0.2, 0.25) is 0 Å². The number of aromatic amines is 1. The van der Waals surface area contributed by atoms with E-state index in [0.717, 1.165) is 12.1 Å². The van der Waals surface area contributed by atoms with Gasteiger partial charge in [0, 0.05) is 0 Å². The number of fused-ring (bicyclic) bond motifs is 1. The second kappa shape index (κ2) is 5.76. The largest absolute Gasteiger partial charge is 0.344 e. The monoisotopic (exact) mass is 347 g/mol. The second-order valence-electron chi connectivity index (χ2n) is 5.67. The molecule has 1 aromatic carbocycles. The lowest BCUT2D eigenvalue weighted by molar-refractivity contribution is 0.0930. The van der Waals surface area contributed by atoms with Gasteiger partial charge in [-0.1, -0.05) is 0 Å². The lowest BCUT2D eigenvalue weighted by Gasteiger charge is -2.26. The minimum atomic E-state index is -3.47. The molecule has 0 spiro atoms. The van der Waals surface area contributed by atoms with Gasteiger partial charge in [-0.05, 0) is 48.7 Å². The highest BCUT2D eigenvalue weighted by Gasteiger charge is 2.32. The Labute approximate surface area is 138 Å². The highest BCUT2D eigenvalue weighted by Crippen LogP contribution is 2.32. The molecule has 2 aromatic rings. The maximum atomic E-state index is 13.5. The molecule has 0 bridgehead atoms. The van der Waals surface area contributed by atoms with Gasteiger partial charge < -0.3 is 10.3 Å². The molecule has 24 heavy (non-hydrogen) atoms. The number of hydrogen-bond acceptors (Lipinski definition) is 4. The van der Waals surface area contributed by atoms with Crippen molar-refractivity contribution < 1.29 is 17.6 Å². The number of benzene rings is 1. The Morgan fingerprint density at radius 2 is 2.17 bits per heavy atom. The van der Waals surface area contributed by atoms with Crippen LogP contribution < -0.4 is 5.32 Å². The van der Waals surface area contributed by atoms with E-state index in [1.165, 1.54) is 6.07 Å². The van der Waals surface area contributed by atoms with Crippen LogP contribution in [0.4, 0.5) is 4.39 Å². The number of nitriles is 1. The number of amides is 1. The molecule has 0 radical (unpaired) electrons. The zero-order chi connectivity index (χ0) is 17.5. The molecule has 1 atom stereocenters. The summed E-state index contributed by atoms with van der Waals surface area (Å²) in [4.78, 5) is 15.1. The average Bonchev–Trinajstić information content (AvgIpc) is 2.91. The van der Waals surface area contributed by atoms with Crippen molar-refractivity contribution in [1.29, 1.82) is 5.26 Å². The summed E-state index contributed by atoms with van der Waals surface area (Å²) in [7, 11) is -3.47. The van der Waals surface area contributed by atoms with E-state index in [0.29, 0.717) is 5.56 Å². The van der Waals surface area contributed by atoms with Crippen molar-refractivity contribution >= 4 is 15.7 Å². The van der Waals surface area contributed by atoms with Gasteiger partial charge in [0.05, 0.1) is 16.7 Å². The molecule has 0 saturated carbocycles. The SMILES string of the molecule is Cc1cc(C(=O)NC2CCS(=O)(=O)c3ccc(F)cc32)[nH]c1C#N. The Balaban J connectivity index is 1.92. The molecular weight excluding hydrogens is 333 g/mol. The van der Waals surface area contributed by atoms with Crippen molar-refractivity contribution in [2.45, 2.75) is 24.3 Å². The Morgan fingerprint density at radius 1 is 1.42 bits per heavy atom. The third-order valence-corrected chi connectivity index (χ3v) is 5.85. The van der Waals surface area contributed by atoms with Crippen molar-refractivity contribution in [3.63, 3.8) is 0 Å². The van der Waals surface area contributed by atoms with E-state index in [-0.39, 0.29) is 34.0 Å². The van der Waals surface area contributed by atoms with Crippen LogP contribution in [0, 0.1) is 24.1 Å². The van der Waals surface area contributed by atoms with E-state index in [2.05, 4.69) is 10.3 Å². The summed E-state index contributed by atoms with van der Waals surface area (Å²) < 4.78 is 37.7. The van der Waals surface area contributed by atoms with Gasteiger partial charge in [-0.25, -0.2) is 12.8 Å².